The van der Waals surface area contributed by atoms with Gasteiger partial charge in [0.05, 0.1) is 50.1 Å². The quantitative estimate of drug-likeness (QED) is 0.292. The lowest BCUT2D eigenvalue weighted by Crippen LogP contribution is -2.42. The van der Waals surface area contributed by atoms with Crippen LogP contribution in [-0.2, 0) is 16.1 Å². The molecule has 2 aliphatic rings. The molecule has 0 aliphatic carbocycles. The molecule has 2 aliphatic heterocycles. The number of rotatable bonds is 6. The number of aromatic nitrogens is 3. The Kier molecular flexibility index (Phi) is 8.50. The summed E-state index contributed by atoms with van der Waals surface area (Å²) in [5, 5.41) is 10.1. The largest absolute Gasteiger partial charge is 0.486 e. The predicted molar refractivity (Wildman–Crippen MR) is 159 cm³/mol. The molecule has 41 heavy (non-hydrogen) atoms. The monoisotopic (exact) mass is 610 g/mol. The molecule has 2 fully saturated rings. The molecule has 13 heteroatoms. The van der Waals surface area contributed by atoms with Crippen molar-refractivity contribution in [1.82, 2.24) is 25.2 Å². The third-order valence-corrected chi connectivity index (χ3v) is 8.71. The van der Waals surface area contributed by atoms with Crippen molar-refractivity contribution in [1.29, 1.82) is 0 Å². The number of halogens is 1. The summed E-state index contributed by atoms with van der Waals surface area (Å²) < 4.78 is 17.7. The van der Waals surface area contributed by atoms with Gasteiger partial charge in [0, 0.05) is 37.1 Å². The Morgan fingerprint density at radius 3 is 2.98 bits per heavy atom. The number of hydrogen-bond acceptors (Lipinski definition) is 11. The van der Waals surface area contributed by atoms with E-state index in [0.29, 0.717) is 62.5 Å². The van der Waals surface area contributed by atoms with Gasteiger partial charge in [0.1, 0.15) is 24.8 Å². The van der Waals surface area contributed by atoms with Crippen LogP contribution in [-0.4, -0.2) is 70.9 Å². The van der Waals surface area contributed by atoms with Gasteiger partial charge in [0.2, 0.25) is 0 Å². The highest BCUT2D eigenvalue weighted by Crippen LogP contribution is 2.33. The van der Waals surface area contributed by atoms with E-state index in [4.69, 9.17) is 25.8 Å². The molecule has 10 nitrogen and oxygen atoms in total. The van der Waals surface area contributed by atoms with E-state index in [-0.39, 0.29) is 18.2 Å². The Bertz CT molecular complexity index is 1610. The zero-order chi connectivity index (χ0) is 28.2. The number of ether oxygens (including phenoxy) is 3. The molecule has 2 saturated heterocycles. The maximum absolute atomic E-state index is 12.4. The first-order valence-corrected chi connectivity index (χ1v) is 15.2. The first kappa shape index (κ1) is 27.7. The van der Waals surface area contributed by atoms with Crippen LogP contribution >= 0.6 is 34.3 Å². The SMILES string of the molecule is Cc1nc(COc2ccc(Nc3ncnc4cc(C#CC5CC(OC(=O)N6CCOCC6)CN5)sc34)cc2Cl)cs1. The van der Waals surface area contributed by atoms with Crippen molar-refractivity contribution >= 4 is 62.1 Å². The standard InChI is InChI=1S/C28H27ClN6O4S2/c1-17-33-20(15-40-17)14-38-25-5-3-19(11-23(25)29)34-27-26-24(31-16-32-27)12-22(41-26)4-2-18-10-21(13-30-18)39-28(36)35-6-8-37-9-7-35/h3,5,11-12,15-16,18,21,30H,6-10,13-14H2,1H3,(H,31,32,34). The van der Waals surface area contributed by atoms with E-state index >= 15 is 0 Å². The molecule has 4 aromatic rings. The average molecular weight is 611 g/mol. The van der Waals surface area contributed by atoms with Crippen LogP contribution in [0.25, 0.3) is 10.2 Å². The Morgan fingerprint density at radius 1 is 1.29 bits per heavy atom. The number of thiazole rings is 1. The van der Waals surface area contributed by atoms with E-state index < -0.39 is 0 Å². The maximum atomic E-state index is 12.4. The molecule has 2 unspecified atom stereocenters. The summed E-state index contributed by atoms with van der Waals surface area (Å²) in [5.41, 5.74) is 2.46. The number of fused-ring (bicyclic) bond motifs is 1. The minimum atomic E-state index is -0.286. The number of benzene rings is 1. The van der Waals surface area contributed by atoms with Crippen molar-refractivity contribution in [3.8, 4) is 17.6 Å². The summed E-state index contributed by atoms with van der Waals surface area (Å²) in [6.45, 7) is 5.13. The number of carbonyl (C=O) groups is 1. The second-order valence-corrected chi connectivity index (χ2v) is 12.1. The van der Waals surface area contributed by atoms with Crippen LogP contribution in [0.5, 0.6) is 5.75 Å². The molecule has 2 atom stereocenters. The molecule has 0 bridgehead atoms. The molecule has 1 aromatic carbocycles. The Balaban J connectivity index is 1.08. The van der Waals surface area contributed by atoms with Crippen LogP contribution in [0, 0.1) is 18.8 Å². The summed E-state index contributed by atoms with van der Waals surface area (Å²) in [4.78, 5) is 28.2. The maximum Gasteiger partial charge on any atom is 0.410 e. The van der Waals surface area contributed by atoms with E-state index in [9.17, 15) is 4.79 Å². The molecular formula is C28H27ClN6O4S2. The average Bonchev–Trinajstić information content (AvgIpc) is 3.72. The number of anilines is 2. The number of hydrogen-bond donors (Lipinski definition) is 2. The molecule has 3 aromatic heterocycles. The van der Waals surface area contributed by atoms with Gasteiger partial charge in [-0.05, 0) is 31.2 Å². The Hall–Kier alpha value is -3.47. The third-order valence-electron chi connectivity index (χ3n) is 6.54. The van der Waals surface area contributed by atoms with E-state index in [0.717, 1.165) is 31.5 Å². The van der Waals surface area contributed by atoms with Crippen molar-refractivity contribution in [2.24, 2.45) is 0 Å². The molecule has 0 spiro atoms. The minimum absolute atomic E-state index is 0.0613. The number of aryl methyl sites for hydroxylation is 1. The van der Waals surface area contributed by atoms with Crippen LogP contribution in [0.1, 0.15) is 22.0 Å². The number of carbonyl (C=O) groups excluding carboxylic acids is 1. The molecule has 212 valence electrons. The zero-order valence-corrected chi connectivity index (χ0v) is 24.6. The van der Waals surface area contributed by atoms with Crippen LogP contribution in [0.2, 0.25) is 5.02 Å². The number of thiophene rings is 1. The van der Waals surface area contributed by atoms with Crippen molar-refractivity contribution in [2.75, 3.05) is 38.2 Å². The highest BCUT2D eigenvalue weighted by atomic mass is 35.5. The van der Waals surface area contributed by atoms with Crippen LogP contribution in [0.3, 0.4) is 0 Å². The first-order chi connectivity index (χ1) is 20.0. The topological polar surface area (TPSA) is 111 Å². The van der Waals surface area contributed by atoms with E-state index in [1.54, 1.807) is 22.3 Å². The van der Waals surface area contributed by atoms with E-state index in [2.05, 4.69) is 37.4 Å². The summed E-state index contributed by atoms with van der Waals surface area (Å²) in [6.07, 6.45) is 1.68. The first-order valence-electron chi connectivity index (χ1n) is 13.1. The van der Waals surface area contributed by atoms with Crippen LogP contribution < -0.4 is 15.4 Å². The van der Waals surface area contributed by atoms with Gasteiger partial charge in [-0.3, -0.25) is 5.32 Å². The van der Waals surface area contributed by atoms with Gasteiger partial charge >= 0.3 is 6.09 Å². The molecule has 2 N–H and O–H groups in total. The minimum Gasteiger partial charge on any atom is -0.486 e. The summed E-state index contributed by atoms with van der Waals surface area (Å²) in [5.74, 6) is 7.78. The van der Waals surface area contributed by atoms with Gasteiger partial charge in [0.25, 0.3) is 0 Å². The van der Waals surface area contributed by atoms with Crippen molar-refractivity contribution in [2.45, 2.75) is 32.1 Å². The number of morpholine rings is 1. The lowest BCUT2D eigenvalue weighted by molar-refractivity contribution is 0.0156. The Morgan fingerprint density at radius 2 is 2.17 bits per heavy atom. The zero-order valence-electron chi connectivity index (χ0n) is 22.2. The summed E-state index contributed by atoms with van der Waals surface area (Å²) >= 11 is 9.60. The molecule has 0 radical (unpaired) electrons. The summed E-state index contributed by atoms with van der Waals surface area (Å²) in [6, 6.07) is 7.42. The van der Waals surface area contributed by atoms with Gasteiger partial charge in [0.15, 0.2) is 5.82 Å². The third kappa shape index (κ3) is 6.89. The highest BCUT2D eigenvalue weighted by Gasteiger charge is 2.28. The van der Waals surface area contributed by atoms with Crippen molar-refractivity contribution in [3.63, 3.8) is 0 Å². The lowest BCUT2D eigenvalue weighted by atomic mass is 10.2. The van der Waals surface area contributed by atoms with Gasteiger partial charge in [-0.1, -0.05) is 23.4 Å². The van der Waals surface area contributed by atoms with Gasteiger partial charge in [-0.15, -0.1) is 22.7 Å². The van der Waals surface area contributed by atoms with Crippen LogP contribution in [0.4, 0.5) is 16.3 Å². The molecule has 5 heterocycles. The molecular weight excluding hydrogens is 584 g/mol. The van der Waals surface area contributed by atoms with Gasteiger partial charge < -0.3 is 24.4 Å². The second kappa shape index (κ2) is 12.6. The number of amides is 1. The molecule has 0 saturated carbocycles. The fraction of sp³-hybridized carbons (Fsp3) is 0.357. The Labute approximate surface area is 250 Å². The van der Waals surface area contributed by atoms with E-state index in [1.807, 2.05) is 30.5 Å². The van der Waals surface area contributed by atoms with Crippen molar-refractivity contribution in [3.05, 3.63) is 56.6 Å². The molecule has 1 amide bonds. The number of nitrogens with one attached hydrogen (secondary N) is 2. The highest BCUT2D eigenvalue weighted by molar-refractivity contribution is 7.20. The van der Waals surface area contributed by atoms with Crippen molar-refractivity contribution < 1.29 is 19.0 Å². The second-order valence-electron chi connectivity index (χ2n) is 9.54. The number of nitrogens with zero attached hydrogens (tertiary/aromatic N) is 4. The van der Waals surface area contributed by atoms with Gasteiger partial charge in [-0.2, -0.15) is 0 Å². The summed E-state index contributed by atoms with van der Waals surface area (Å²) in [7, 11) is 0. The normalized spacial score (nSPS) is 18.6. The fourth-order valence-corrected chi connectivity index (χ4v) is 6.24. The van der Waals surface area contributed by atoms with Gasteiger partial charge in [-0.25, -0.2) is 19.7 Å². The predicted octanol–water partition coefficient (Wildman–Crippen LogP) is 4.98. The van der Waals surface area contributed by atoms with E-state index in [1.165, 1.54) is 17.7 Å². The molecule has 6 rings (SSSR count). The smallest absolute Gasteiger partial charge is 0.410 e. The van der Waals surface area contributed by atoms with Crippen LogP contribution in [0.15, 0.2) is 36.0 Å². The fourth-order valence-electron chi connectivity index (χ4n) is 4.49. The lowest BCUT2D eigenvalue weighted by Gasteiger charge is -2.27.